The highest BCUT2D eigenvalue weighted by Gasteiger charge is 2.40. The molecule has 0 amide bonds. The molecule has 1 aromatic rings. The monoisotopic (exact) mass is 268 g/mol. The van der Waals surface area contributed by atoms with Crippen LogP contribution in [-0.4, -0.2) is 28.0 Å². The Morgan fingerprint density at radius 3 is 2.63 bits per heavy atom. The van der Waals surface area contributed by atoms with Crippen LogP contribution in [0.15, 0.2) is 4.52 Å². The van der Waals surface area contributed by atoms with E-state index in [-0.39, 0.29) is 11.5 Å². The zero-order chi connectivity index (χ0) is 13.9. The van der Waals surface area contributed by atoms with Gasteiger partial charge in [-0.05, 0) is 38.5 Å². The van der Waals surface area contributed by atoms with Crippen LogP contribution in [0.25, 0.3) is 0 Å². The first-order valence-corrected chi connectivity index (χ1v) is 7.22. The third-order valence-corrected chi connectivity index (χ3v) is 3.86. The van der Waals surface area contributed by atoms with Gasteiger partial charge in [-0.1, -0.05) is 19.0 Å². The summed E-state index contributed by atoms with van der Waals surface area (Å²) in [5.41, 5.74) is -0.362. The average Bonchev–Trinajstić information content (AvgIpc) is 2.99. The summed E-state index contributed by atoms with van der Waals surface area (Å²) in [5, 5.41) is 13.9. The topological polar surface area (TPSA) is 68.4 Å². The van der Waals surface area contributed by atoms with E-state index in [0.717, 1.165) is 25.7 Å². The van der Waals surface area contributed by atoms with Gasteiger partial charge in [0, 0.05) is 6.61 Å². The van der Waals surface area contributed by atoms with Gasteiger partial charge in [0.25, 0.3) is 0 Å². The van der Waals surface area contributed by atoms with E-state index in [4.69, 9.17) is 9.26 Å². The fourth-order valence-corrected chi connectivity index (χ4v) is 2.59. The van der Waals surface area contributed by atoms with Crippen LogP contribution < -0.4 is 0 Å². The zero-order valence-electron chi connectivity index (χ0n) is 12.1. The van der Waals surface area contributed by atoms with Gasteiger partial charge >= 0.3 is 0 Å². The van der Waals surface area contributed by atoms with Crippen LogP contribution in [0, 0.1) is 5.92 Å². The van der Waals surface area contributed by atoms with Gasteiger partial charge < -0.3 is 14.4 Å². The van der Waals surface area contributed by atoms with E-state index in [2.05, 4.69) is 10.1 Å². The lowest BCUT2D eigenvalue weighted by molar-refractivity contribution is -0.0469. The largest absolute Gasteiger partial charge is 0.392 e. The van der Waals surface area contributed by atoms with Crippen molar-refractivity contribution in [3.8, 4) is 0 Å². The van der Waals surface area contributed by atoms with Gasteiger partial charge in [-0.25, -0.2) is 0 Å². The molecule has 19 heavy (non-hydrogen) atoms. The number of aliphatic hydroxyl groups is 1. The standard InChI is InChI=1S/C14H24N2O3/c1-4-18-14(7-5-6-8-14)13-15-12(19-16-13)9-11(17)10(2)3/h10-11,17H,4-9H2,1-3H3. The van der Waals surface area contributed by atoms with Gasteiger partial charge in [-0.3, -0.25) is 0 Å². The number of hydrogen-bond donors (Lipinski definition) is 1. The minimum Gasteiger partial charge on any atom is -0.392 e. The van der Waals surface area contributed by atoms with Crippen LogP contribution in [0.2, 0.25) is 0 Å². The van der Waals surface area contributed by atoms with Crippen molar-refractivity contribution >= 4 is 0 Å². The Hall–Kier alpha value is -0.940. The lowest BCUT2D eigenvalue weighted by Crippen LogP contribution is -2.27. The molecule has 0 aliphatic heterocycles. The van der Waals surface area contributed by atoms with Crippen molar-refractivity contribution < 1.29 is 14.4 Å². The van der Waals surface area contributed by atoms with Crippen molar-refractivity contribution in [3.05, 3.63) is 11.7 Å². The predicted molar refractivity (Wildman–Crippen MR) is 70.6 cm³/mol. The summed E-state index contributed by atoms with van der Waals surface area (Å²) in [6, 6.07) is 0. The number of nitrogens with zero attached hydrogens (tertiary/aromatic N) is 2. The second-order valence-corrected chi connectivity index (χ2v) is 5.66. The SMILES string of the molecule is CCOC1(c2noc(CC(O)C(C)C)n2)CCCC1. The van der Waals surface area contributed by atoms with Gasteiger partial charge in [0.15, 0.2) is 0 Å². The summed E-state index contributed by atoms with van der Waals surface area (Å²) < 4.78 is 11.2. The molecule has 1 fully saturated rings. The second kappa shape index (κ2) is 6.01. The summed E-state index contributed by atoms with van der Waals surface area (Å²) in [5.74, 6) is 1.34. The molecule has 5 heteroatoms. The van der Waals surface area contributed by atoms with Gasteiger partial charge in [-0.15, -0.1) is 0 Å². The van der Waals surface area contributed by atoms with E-state index >= 15 is 0 Å². The molecule has 1 unspecified atom stereocenters. The first-order chi connectivity index (χ1) is 9.07. The summed E-state index contributed by atoms with van der Waals surface area (Å²) >= 11 is 0. The van der Waals surface area contributed by atoms with Gasteiger partial charge in [0.1, 0.15) is 5.60 Å². The molecular formula is C14H24N2O3. The van der Waals surface area contributed by atoms with Gasteiger partial charge in [-0.2, -0.15) is 4.98 Å². The summed E-state index contributed by atoms with van der Waals surface area (Å²) in [4.78, 5) is 4.44. The fraction of sp³-hybridized carbons (Fsp3) is 0.857. The molecule has 1 atom stereocenters. The molecule has 1 aliphatic rings. The molecule has 0 radical (unpaired) electrons. The Balaban J connectivity index is 2.10. The van der Waals surface area contributed by atoms with E-state index in [1.54, 1.807) is 0 Å². The zero-order valence-corrected chi connectivity index (χ0v) is 12.1. The Labute approximate surface area is 114 Å². The van der Waals surface area contributed by atoms with Crippen LogP contribution in [0.5, 0.6) is 0 Å². The van der Waals surface area contributed by atoms with Gasteiger partial charge in [0.05, 0.1) is 12.5 Å². The Morgan fingerprint density at radius 1 is 1.37 bits per heavy atom. The van der Waals surface area contributed by atoms with Crippen LogP contribution in [-0.2, 0) is 16.8 Å². The summed E-state index contributed by atoms with van der Waals surface area (Å²) in [7, 11) is 0. The number of aliphatic hydroxyl groups excluding tert-OH is 1. The number of rotatable bonds is 6. The molecule has 1 heterocycles. The minimum atomic E-state index is -0.445. The molecule has 0 saturated heterocycles. The summed E-state index contributed by atoms with van der Waals surface area (Å²) in [6.07, 6.45) is 4.14. The van der Waals surface area contributed by atoms with Crippen molar-refractivity contribution in [2.75, 3.05) is 6.61 Å². The minimum absolute atomic E-state index is 0.183. The Kier molecular flexibility index (Phi) is 4.58. The molecule has 1 aliphatic carbocycles. The maximum absolute atomic E-state index is 9.86. The molecule has 1 saturated carbocycles. The highest BCUT2D eigenvalue weighted by atomic mass is 16.5. The van der Waals surface area contributed by atoms with E-state index < -0.39 is 6.10 Å². The number of hydrogen-bond acceptors (Lipinski definition) is 5. The molecule has 2 rings (SSSR count). The highest BCUT2D eigenvalue weighted by molar-refractivity contribution is 5.05. The molecule has 0 spiro atoms. The number of aromatic nitrogens is 2. The summed E-state index contributed by atoms with van der Waals surface area (Å²) in [6.45, 7) is 6.59. The normalized spacial score (nSPS) is 20.1. The molecule has 0 aromatic carbocycles. The van der Waals surface area contributed by atoms with E-state index in [1.807, 2.05) is 20.8 Å². The molecule has 108 valence electrons. The first-order valence-electron chi connectivity index (χ1n) is 7.22. The smallest absolute Gasteiger partial charge is 0.229 e. The van der Waals surface area contributed by atoms with Crippen molar-refractivity contribution in [1.82, 2.24) is 10.1 Å². The Morgan fingerprint density at radius 2 is 2.05 bits per heavy atom. The lowest BCUT2D eigenvalue weighted by atomic mass is 10.0. The average molecular weight is 268 g/mol. The van der Waals surface area contributed by atoms with Crippen molar-refractivity contribution in [2.24, 2.45) is 5.92 Å². The van der Waals surface area contributed by atoms with Crippen molar-refractivity contribution in [3.63, 3.8) is 0 Å². The third-order valence-electron chi connectivity index (χ3n) is 3.86. The van der Waals surface area contributed by atoms with E-state index in [9.17, 15) is 5.11 Å². The molecule has 1 N–H and O–H groups in total. The Bertz CT molecular complexity index is 397. The highest BCUT2D eigenvalue weighted by Crippen LogP contribution is 2.40. The molecular weight excluding hydrogens is 244 g/mol. The molecule has 0 bridgehead atoms. The van der Waals surface area contributed by atoms with Crippen LogP contribution in [0.1, 0.15) is 58.2 Å². The van der Waals surface area contributed by atoms with Crippen LogP contribution >= 0.6 is 0 Å². The van der Waals surface area contributed by atoms with E-state index in [0.29, 0.717) is 24.7 Å². The van der Waals surface area contributed by atoms with Crippen LogP contribution in [0.3, 0.4) is 0 Å². The maximum Gasteiger partial charge on any atom is 0.229 e. The quantitative estimate of drug-likeness (QED) is 0.858. The molecule has 1 aromatic heterocycles. The first kappa shape index (κ1) is 14.5. The van der Waals surface area contributed by atoms with Crippen LogP contribution in [0.4, 0.5) is 0 Å². The van der Waals surface area contributed by atoms with Gasteiger partial charge in [0.2, 0.25) is 11.7 Å². The number of ether oxygens (including phenoxy) is 1. The predicted octanol–water partition coefficient (Wildman–Crippen LogP) is 2.43. The second-order valence-electron chi connectivity index (χ2n) is 5.66. The van der Waals surface area contributed by atoms with Crippen molar-refractivity contribution in [1.29, 1.82) is 0 Å². The fourth-order valence-electron chi connectivity index (χ4n) is 2.59. The van der Waals surface area contributed by atoms with E-state index in [1.165, 1.54) is 0 Å². The maximum atomic E-state index is 9.86. The lowest BCUT2D eigenvalue weighted by Gasteiger charge is -2.24. The van der Waals surface area contributed by atoms with Crippen molar-refractivity contribution in [2.45, 2.75) is 64.6 Å². The third kappa shape index (κ3) is 3.15. The molecule has 5 nitrogen and oxygen atoms in total.